The first-order valence-corrected chi connectivity index (χ1v) is 8.65. The number of aromatic nitrogens is 2. The van der Waals surface area contributed by atoms with Crippen LogP contribution in [0.1, 0.15) is 44.9 Å². The molecule has 0 aliphatic heterocycles. The number of rotatable bonds is 1. The lowest BCUT2D eigenvalue weighted by molar-refractivity contribution is 0.911. The molecule has 2 N–H and O–H groups in total. The van der Waals surface area contributed by atoms with Gasteiger partial charge in [0, 0.05) is 17.7 Å². The molecule has 3 nitrogen and oxygen atoms in total. The highest BCUT2D eigenvalue weighted by Crippen LogP contribution is 2.39. The summed E-state index contributed by atoms with van der Waals surface area (Å²) < 4.78 is 0.480. The van der Waals surface area contributed by atoms with Crippen LogP contribution in [0.2, 0.25) is 0 Å². The molecular weight excluding hydrogens is 328 g/mol. The van der Waals surface area contributed by atoms with Crippen LogP contribution in [0.5, 0.6) is 0 Å². The van der Waals surface area contributed by atoms with Gasteiger partial charge < -0.3 is 4.98 Å². The van der Waals surface area contributed by atoms with Crippen LogP contribution in [0.3, 0.4) is 0 Å². The molecule has 0 atom stereocenters. The van der Waals surface area contributed by atoms with Crippen molar-refractivity contribution in [1.29, 1.82) is 0 Å². The van der Waals surface area contributed by atoms with Gasteiger partial charge in [-0.3, -0.25) is 4.98 Å². The van der Waals surface area contributed by atoms with Crippen molar-refractivity contribution >= 4 is 24.4 Å². The minimum absolute atomic E-state index is 0.0261. The normalized spacial score (nSPS) is 13.2. The quantitative estimate of drug-likeness (QED) is 0.490. The van der Waals surface area contributed by atoms with Crippen molar-refractivity contribution in [2.45, 2.75) is 19.8 Å². The average molecular weight is 346 g/mol. The fourth-order valence-electron chi connectivity index (χ4n) is 3.52. The van der Waals surface area contributed by atoms with Crippen molar-refractivity contribution in [3.8, 4) is 0 Å². The summed E-state index contributed by atoms with van der Waals surface area (Å²) in [4.78, 5) is 17.1. The molecule has 0 amide bonds. The summed E-state index contributed by atoms with van der Waals surface area (Å²) in [6.45, 7) is 4.19. The van der Waals surface area contributed by atoms with E-state index in [1.54, 1.807) is 6.20 Å². The maximum Gasteiger partial charge on any atom is 0.323 e. The standard InChI is InChI=1S/C21H18N2OS/c1-12-3-7-16-14(9-12)5-6-15-10-13(2)4-8-17(15)19(16)18-11-22-21(24)23-20(18)25/h3-11,19H,1-2H3,(H2,22,23,24,25). The minimum atomic E-state index is -0.284. The number of fused-ring (bicyclic) bond motifs is 2. The zero-order valence-electron chi connectivity index (χ0n) is 14.1. The van der Waals surface area contributed by atoms with Gasteiger partial charge in [0.2, 0.25) is 0 Å². The lowest BCUT2D eigenvalue weighted by Crippen LogP contribution is -2.15. The van der Waals surface area contributed by atoms with Crippen LogP contribution < -0.4 is 5.69 Å². The van der Waals surface area contributed by atoms with Gasteiger partial charge in [-0.1, -0.05) is 71.9 Å². The van der Waals surface area contributed by atoms with E-state index in [9.17, 15) is 4.79 Å². The summed E-state index contributed by atoms with van der Waals surface area (Å²) in [6.07, 6.45) is 6.07. The van der Waals surface area contributed by atoms with Crippen molar-refractivity contribution in [1.82, 2.24) is 9.97 Å². The molecule has 4 rings (SSSR count). The monoisotopic (exact) mass is 346 g/mol. The summed E-state index contributed by atoms with van der Waals surface area (Å²) in [5.74, 6) is -0.0261. The Morgan fingerprint density at radius 1 is 0.880 bits per heavy atom. The Morgan fingerprint density at radius 2 is 1.44 bits per heavy atom. The second kappa shape index (κ2) is 5.97. The second-order valence-corrected chi connectivity index (χ2v) is 6.97. The molecule has 25 heavy (non-hydrogen) atoms. The highest BCUT2D eigenvalue weighted by atomic mass is 32.1. The van der Waals surface area contributed by atoms with Crippen LogP contribution in [0, 0.1) is 18.5 Å². The average Bonchev–Trinajstić information content (AvgIpc) is 2.72. The molecule has 1 aromatic heterocycles. The summed E-state index contributed by atoms with van der Waals surface area (Å²) in [7, 11) is 0. The third kappa shape index (κ3) is 2.79. The predicted octanol–water partition coefficient (Wildman–Crippen LogP) is 4.71. The molecule has 0 saturated heterocycles. The van der Waals surface area contributed by atoms with Gasteiger partial charge in [-0.2, -0.15) is 0 Å². The van der Waals surface area contributed by atoms with E-state index in [1.165, 1.54) is 33.4 Å². The van der Waals surface area contributed by atoms with Crippen LogP contribution in [0.15, 0.2) is 47.4 Å². The number of nitrogens with one attached hydrogen (secondary N) is 2. The predicted molar refractivity (Wildman–Crippen MR) is 104 cm³/mol. The first kappa shape index (κ1) is 15.8. The van der Waals surface area contributed by atoms with E-state index in [4.69, 9.17) is 12.2 Å². The highest BCUT2D eigenvalue weighted by Gasteiger charge is 2.24. The smallest absolute Gasteiger partial charge is 0.314 e. The van der Waals surface area contributed by atoms with Gasteiger partial charge in [0.05, 0.1) is 0 Å². The van der Waals surface area contributed by atoms with E-state index in [0.717, 1.165) is 5.56 Å². The fourth-order valence-corrected chi connectivity index (χ4v) is 3.79. The van der Waals surface area contributed by atoms with Crippen LogP contribution in [0.25, 0.3) is 12.2 Å². The van der Waals surface area contributed by atoms with Crippen molar-refractivity contribution in [2.75, 3.05) is 0 Å². The van der Waals surface area contributed by atoms with Crippen LogP contribution in [0.4, 0.5) is 0 Å². The fraction of sp³-hybridized carbons (Fsp3) is 0.143. The summed E-state index contributed by atoms with van der Waals surface area (Å²) in [5.41, 5.74) is 7.81. The Morgan fingerprint density at radius 3 is 1.96 bits per heavy atom. The van der Waals surface area contributed by atoms with Gasteiger partial charge >= 0.3 is 5.69 Å². The van der Waals surface area contributed by atoms with Crippen LogP contribution in [-0.2, 0) is 0 Å². The molecule has 0 spiro atoms. The molecule has 0 radical (unpaired) electrons. The summed E-state index contributed by atoms with van der Waals surface area (Å²) >= 11 is 5.48. The van der Waals surface area contributed by atoms with Gasteiger partial charge in [-0.25, -0.2) is 4.79 Å². The molecule has 0 bridgehead atoms. The molecule has 3 aromatic rings. The summed E-state index contributed by atoms with van der Waals surface area (Å²) in [5, 5.41) is 0. The van der Waals surface area contributed by atoms with Crippen molar-refractivity contribution < 1.29 is 0 Å². The van der Waals surface area contributed by atoms with Gasteiger partial charge in [0.1, 0.15) is 4.64 Å². The SMILES string of the molecule is Cc1ccc2c(c1)C=Cc1cc(C)ccc1C2c1c[nH]c(=O)[nH]c1=S. The minimum Gasteiger partial charge on any atom is -0.314 e. The molecule has 0 saturated carbocycles. The number of aryl methyl sites for hydroxylation is 2. The Balaban J connectivity index is 2.07. The van der Waals surface area contributed by atoms with E-state index in [2.05, 4.69) is 72.4 Å². The summed E-state index contributed by atoms with van der Waals surface area (Å²) in [6, 6.07) is 12.9. The van der Waals surface area contributed by atoms with Gasteiger partial charge in [0.15, 0.2) is 0 Å². The molecular formula is C21H18N2OS. The first-order valence-electron chi connectivity index (χ1n) is 8.24. The first-order chi connectivity index (χ1) is 12.0. The molecule has 0 fully saturated rings. The molecule has 0 unspecified atom stereocenters. The topological polar surface area (TPSA) is 48.6 Å². The Labute approximate surface area is 151 Å². The second-order valence-electron chi connectivity index (χ2n) is 6.56. The van der Waals surface area contributed by atoms with Gasteiger partial charge in [-0.15, -0.1) is 0 Å². The van der Waals surface area contributed by atoms with E-state index in [0.29, 0.717) is 4.64 Å². The molecule has 124 valence electrons. The maximum absolute atomic E-state index is 11.6. The Bertz CT molecular complexity index is 1070. The number of H-pyrrole nitrogens is 2. The Hall–Kier alpha value is -2.72. The van der Waals surface area contributed by atoms with E-state index >= 15 is 0 Å². The number of hydrogen-bond donors (Lipinski definition) is 2. The molecule has 4 heteroatoms. The number of benzene rings is 2. The molecule has 1 aliphatic rings. The van der Waals surface area contributed by atoms with Crippen molar-refractivity contribution in [3.05, 3.63) is 96.7 Å². The molecule has 1 heterocycles. The molecule has 1 aliphatic carbocycles. The van der Waals surface area contributed by atoms with E-state index in [1.807, 2.05) is 0 Å². The Kier molecular flexibility index (Phi) is 3.77. The number of aromatic amines is 2. The zero-order valence-corrected chi connectivity index (χ0v) is 14.9. The third-order valence-electron chi connectivity index (χ3n) is 4.71. The lowest BCUT2D eigenvalue weighted by Gasteiger charge is -2.21. The van der Waals surface area contributed by atoms with Crippen LogP contribution >= 0.6 is 12.2 Å². The highest BCUT2D eigenvalue weighted by molar-refractivity contribution is 7.71. The third-order valence-corrected chi connectivity index (χ3v) is 5.05. The molecule has 2 aromatic carbocycles. The largest absolute Gasteiger partial charge is 0.323 e. The lowest BCUT2D eigenvalue weighted by atomic mass is 9.83. The van der Waals surface area contributed by atoms with E-state index < -0.39 is 0 Å². The van der Waals surface area contributed by atoms with Gasteiger partial charge in [-0.05, 0) is 36.1 Å². The van der Waals surface area contributed by atoms with Crippen LogP contribution in [-0.4, -0.2) is 9.97 Å². The number of hydrogen-bond acceptors (Lipinski definition) is 2. The maximum atomic E-state index is 11.6. The van der Waals surface area contributed by atoms with Crippen molar-refractivity contribution in [2.24, 2.45) is 0 Å². The van der Waals surface area contributed by atoms with Gasteiger partial charge in [0.25, 0.3) is 0 Å². The van der Waals surface area contributed by atoms with Crippen molar-refractivity contribution in [3.63, 3.8) is 0 Å². The zero-order chi connectivity index (χ0) is 17.6. The van der Waals surface area contributed by atoms with E-state index in [-0.39, 0.29) is 11.6 Å².